The highest BCUT2D eigenvalue weighted by molar-refractivity contribution is 7.98. The molecule has 0 unspecified atom stereocenters. The van der Waals surface area contributed by atoms with Gasteiger partial charge in [0.2, 0.25) is 0 Å². The summed E-state index contributed by atoms with van der Waals surface area (Å²) in [5.74, 6) is 2.16. The average Bonchev–Trinajstić information content (AvgIpc) is 2.63. The highest BCUT2D eigenvalue weighted by atomic mass is 32.2. The van der Waals surface area contributed by atoms with Gasteiger partial charge >= 0.3 is 0 Å². The smallest absolute Gasteiger partial charge is 0.148 e. The second kappa shape index (κ2) is 7.57. The molecule has 0 aliphatic carbocycles. The molecule has 0 saturated heterocycles. The van der Waals surface area contributed by atoms with Crippen LogP contribution in [0.4, 0.5) is 5.82 Å². The van der Waals surface area contributed by atoms with Gasteiger partial charge in [-0.3, -0.25) is 4.98 Å². The van der Waals surface area contributed by atoms with E-state index in [1.54, 1.807) is 24.2 Å². The molecule has 1 aromatic carbocycles. The molecule has 0 bridgehead atoms. The predicted molar refractivity (Wildman–Crippen MR) is 103 cm³/mol. The Bertz CT molecular complexity index is 879. The third-order valence-corrected chi connectivity index (χ3v) is 5.04. The molecule has 5 heteroatoms. The third-order valence-electron chi connectivity index (χ3n) is 4.30. The Hall–Kier alpha value is -2.53. The second-order valence-electron chi connectivity index (χ2n) is 5.86. The Balaban J connectivity index is 1.85. The van der Waals surface area contributed by atoms with Gasteiger partial charge in [-0.25, -0.2) is 4.98 Å². The number of benzene rings is 1. The van der Waals surface area contributed by atoms with Crippen molar-refractivity contribution in [2.75, 3.05) is 12.0 Å². The van der Waals surface area contributed by atoms with Gasteiger partial charge in [-0.05, 0) is 79.1 Å². The van der Waals surface area contributed by atoms with Gasteiger partial charge in [0.15, 0.2) is 0 Å². The predicted octanol–water partition coefficient (Wildman–Crippen LogP) is 4.78. The molecule has 0 atom stereocenters. The Morgan fingerprint density at radius 1 is 1.00 bits per heavy atom. The maximum atomic E-state index is 6.03. The molecule has 0 saturated carbocycles. The number of ether oxygens (including phenoxy) is 1. The van der Waals surface area contributed by atoms with Crippen LogP contribution in [0.1, 0.15) is 22.3 Å². The molecule has 0 spiro atoms. The molecule has 3 aromatic rings. The highest BCUT2D eigenvalue weighted by Crippen LogP contribution is 2.29. The molecule has 2 heterocycles. The van der Waals surface area contributed by atoms with Gasteiger partial charge in [0.1, 0.15) is 17.3 Å². The molecule has 0 aliphatic rings. The Kier molecular flexibility index (Phi) is 5.24. The van der Waals surface area contributed by atoms with Crippen molar-refractivity contribution in [3.63, 3.8) is 0 Å². The second-order valence-corrected chi connectivity index (χ2v) is 6.74. The van der Waals surface area contributed by atoms with Crippen molar-refractivity contribution in [2.24, 2.45) is 0 Å². The fourth-order valence-corrected chi connectivity index (χ4v) is 3.00. The number of hydrogen-bond acceptors (Lipinski definition) is 5. The molecular formula is C20H21N3OS. The number of nitrogens with two attached hydrogens (primary N) is 1. The summed E-state index contributed by atoms with van der Waals surface area (Å²) >= 11 is 1.71. The first-order valence-corrected chi connectivity index (χ1v) is 9.26. The highest BCUT2D eigenvalue weighted by Gasteiger charge is 2.10. The number of thioether (sulfide) groups is 1. The zero-order valence-electron chi connectivity index (χ0n) is 14.6. The van der Waals surface area contributed by atoms with Crippen LogP contribution in [0.25, 0.3) is 0 Å². The van der Waals surface area contributed by atoms with E-state index in [2.05, 4.69) is 35.3 Å². The van der Waals surface area contributed by atoms with Crippen molar-refractivity contribution in [1.29, 1.82) is 0 Å². The largest absolute Gasteiger partial charge is 0.455 e. The zero-order valence-corrected chi connectivity index (χ0v) is 15.4. The molecular weight excluding hydrogens is 330 g/mol. The van der Waals surface area contributed by atoms with Crippen LogP contribution in [0, 0.1) is 13.8 Å². The van der Waals surface area contributed by atoms with E-state index < -0.39 is 0 Å². The summed E-state index contributed by atoms with van der Waals surface area (Å²) in [6.45, 7) is 4.05. The van der Waals surface area contributed by atoms with Gasteiger partial charge in [-0.2, -0.15) is 0 Å². The van der Waals surface area contributed by atoms with Crippen LogP contribution in [0.15, 0.2) is 53.8 Å². The van der Waals surface area contributed by atoms with Crippen LogP contribution in [0.5, 0.6) is 11.5 Å². The lowest BCUT2D eigenvalue weighted by atomic mass is 9.99. The van der Waals surface area contributed by atoms with Crippen LogP contribution in [0.3, 0.4) is 0 Å². The summed E-state index contributed by atoms with van der Waals surface area (Å²) in [5.41, 5.74) is 10.3. The minimum atomic E-state index is 0.574. The summed E-state index contributed by atoms with van der Waals surface area (Å²) < 4.78 is 6.03. The minimum Gasteiger partial charge on any atom is -0.455 e. The molecule has 4 nitrogen and oxygen atoms in total. The number of hydrogen-bond donors (Lipinski definition) is 1. The lowest BCUT2D eigenvalue weighted by Crippen LogP contribution is -2.01. The van der Waals surface area contributed by atoms with E-state index in [1.165, 1.54) is 4.90 Å². The quantitative estimate of drug-likeness (QED) is 0.670. The summed E-state index contributed by atoms with van der Waals surface area (Å²) in [6, 6.07) is 10.1. The van der Waals surface area contributed by atoms with Crippen molar-refractivity contribution in [2.45, 2.75) is 25.2 Å². The molecule has 128 valence electrons. The van der Waals surface area contributed by atoms with Crippen LogP contribution in [-0.4, -0.2) is 16.2 Å². The van der Waals surface area contributed by atoms with E-state index in [9.17, 15) is 0 Å². The maximum Gasteiger partial charge on any atom is 0.148 e. The fraction of sp³-hybridized carbons (Fsp3) is 0.200. The minimum absolute atomic E-state index is 0.574. The molecule has 0 amide bonds. The molecule has 3 rings (SSSR count). The van der Waals surface area contributed by atoms with Gasteiger partial charge in [0.25, 0.3) is 0 Å². The molecule has 2 N–H and O–H groups in total. The van der Waals surface area contributed by atoms with Crippen molar-refractivity contribution in [3.8, 4) is 11.5 Å². The first-order valence-electron chi connectivity index (χ1n) is 8.04. The Morgan fingerprint density at radius 3 is 2.48 bits per heavy atom. The van der Waals surface area contributed by atoms with Crippen LogP contribution >= 0.6 is 11.8 Å². The van der Waals surface area contributed by atoms with Gasteiger partial charge in [0.05, 0.1) is 6.20 Å². The van der Waals surface area contributed by atoms with Crippen molar-refractivity contribution < 1.29 is 4.74 Å². The van der Waals surface area contributed by atoms with E-state index in [0.29, 0.717) is 5.82 Å². The molecule has 25 heavy (non-hydrogen) atoms. The number of pyridine rings is 2. The van der Waals surface area contributed by atoms with E-state index in [0.717, 1.165) is 40.2 Å². The Labute approximate surface area is 152 Å². The summed E-state index contributed by atoms with van der Waals surface area (Å²) in [5, 5.41) is 0. The van der Waals surface area contributed by atoms with Crippen LogP contribution < -0.4 is 10.5 Å². The fourth-order valence-electron chi connectivity index (χ4n) is 2.59. The van der Waals surface area contributed by atoms with E-state index in [4.69, 9.17) is 10.5 Å². The SMILES string of the molecule is CSc1ccc(Oc2cncc(Cc3ccnc(N)c3C)c2C)cc1. The van der Waals surface area contributed by atoms with Crippen LogP contribution in [0.2, 0.25) is 0 Å². The Morgan fingerprint density at radius 2 is 1.76 bits per heavy atom. The number of aromatic nitrogens is 2. The summed E-state index contributed by atoms with van der Waals surface area (Å²) in [6.07, 6.45) is 8.19. The first kappa shape index (κ1) is 17.3. The van der Waals surface area contributed by atoms with Crippen molar-refractivity contribution in [3.05, 3.63) is 71.2 Å². The average molecular weight is 351 g/mol. The molecule has 0 aliphatic heterocycles. The third kappa shape index (κ3) is 3.94. The van der Waals surface area contributed by atoms with Gasteiger partial charge in [0, 0.05) is 17.3 Å². The molecule has 0 radical (unpaired) electrons. The van der Waals surface area contributed by atoms with E-state index in [1.807, 2.05) is 31.3 Å². The van der Waals surface area contributed by atoms with E-state index >= 15 is 0 Å². The number of anilines is 1. The normalized spacial score (nSPS) is 10.7. The lowest BCUT2D eigenvalue weighted by Gasteiger charge is -2.13. The monoisotopic (exact) mass is 351 g/mol. The lowest BCUT2D eigenvalue weighted by molar-refractivity contribution is 0.475. The summed E-state index contributed by atoms with van der Waals surface area (Å²) in [4.78, 5) is 9.68. The number of nitrogen functional groups attached to an aromatic ring is 1. The number of rotatable bonds is 5. The van der Waals surface area contributed by atoms with Crippen LogP contribution in [-0.2, 0) is 6.42 Å². The summed E-state index contributed by atoms with van der Waals surface area (Å²) in [7, 11) is 0. The maximum absolute atomic E-state index is 6.03. The first-order chi connectivity index (χ1) is 12.1. The standard InChI is InChI=1S/C20H21N3OS/c1-13-16(10-15-8-9-23-20(21)14(15)2)11-22-12-19(13)24-17-4-6-18(25-3)7-5-17/h4-9,11-12H,10H2,1-3H3,(H2,21,23). The van der Waals surface area contributed by atoms with E-state index in [-0.39, 0.29) is 0 Å². The van der Waals surface area contributed by atoms with Gasteiger partial charge in [-0.15, -0.1) is 11.8 Å². The number of nitrogens with zero attached hydrogens (tertiary/aromatic N) is 2. The molecule has 0 fully saturated rings. The van der Waals surface area contributed by atoms with Crippen molar-refractivity contribution in [1.82, 2.24) is 9.97 Å². The van der Waals surface area contributed by atoms with Gasteiger partial charge < -0.3 is 10.5 Å². The zero-order chi connectivity index (χ0) is 17.8. The topological polar surface area (TPSA) is 61.0 Å². The van der Waals surface area contributed by atoms with Gasteiger partial charge in [-0.1, -0.05) is 0 Å². The van der Waals surface area contributed by atoms with Crippen molar-refractivity contribution >= 4 is 17.6 Å². The molecule has 2 aromatic heterocycles.